The third kappa shape index (κ3) is 6.69. The highest BCUT2D eigenvalue weighted by Crippen LogP contribution is 2.26. The zero-order valence-electron chi connectivity index (χ0n) is 21.8. The number of ether oxygens (including phenoxy) is 1. The predicted octanol–water partition coefficient (Wildman–Crippen LogP) is 6.89. The van der Waals surface area contributed by atoms with E-state index >= 15 is 0 Å². The van der Waals surface area contributed by atoms with Gasteiger partial charge in [0.05, 0.1) is 12.8 Å². The SMILES string of the molecule is COc1ccc2[nH]cc(CC3=CCCN(CCCC(=NOCc4ccccc4)c4ccc(F)cc4)C3)c2c1. The van der Waals surface area contributed by atoms with E-state index in [0.717, 1.165) is 73.4 Å². The molecule has 0 amide bonds. The molecule has 5 rings (SSSR count). The number of H-pyrrole nitrogens is 1. The van der Waals surface area contributed by atoms with Crippen LogP contribution in [0.25, 0.3) is 10.9 Å². The van der Waals surface area contributed by atoms with E-state index in [1.54, 1.807) is 19.2 Å². The van der Waals surface area contributed by atoms with Gasteiger partial charge >= 0.3 is 0 Å². The summed E-state index contributed by atoms with van der Waals surface area (Å²) in [5, 5.41) is 5.68. The first-order valence-electron chi connectivity index (χ1n) is 13.2. The maximum atomic E-state index is 13.5. The standard InChI is InChI=1S/C32H34FN3O2/c1-37-29-15-16-32-30(20-29)27(21-34-32)19-25-9-5-17-36(22-25)18-6-10-31(26-11-13-28(33)14-12-26)35-38-23-24-7-3-2-4-8-24/h2-4,7-9,11-16,20-21,34H,5-6,10,17-19,22-23H2,1H3. The van der Waals surface area contributed by atoms with Crippen LogP contribution in [-0.2, 0) is 17.9 Å². The molecule has 5 nitrogen and oxygen atoms in total. The van der Waals surface area contributed by atoms with E-state index in [1.165, 1.54) is 28.7 Å². The van der Waals surface area contributed by atoms with Gasteiger partial charge in [-0.1, -0.05) is 59.3 Å². The molecule has 1 aliphatic rings. The summed E-state index contributed by atoms with van der Waals surface area (Å²) in [6, 6.07) is 22.7. The predicted molar refractivity (Wildman–Crippen MR) is 151 cm³/mol. The van der Waals surface area contributed by atoms with Gasteiger partial charge in [0, 0.05) is 30.2 Å². The molecule has 1 aliphatic heterocycles. The fraction of sp³-hybridized carbons (Fsp3) is 0.281. The Balaban J connectivity index is 1.18. The number of hydrogen-bond donors (Lipinski definition) is 1. The van der Waals surface area contributed by atoms with Gasteiger partial charge in [0.15, 0.2) is 0 Å². The maximum Gasteiger partial charge on any atom is 0.142 e. The number of oxime groups is 1. The molecule has 0 saturated carbocycles. The van der Waals surface area contributed by atoms with Gasteiger partial charge in [0.1, 0.15) is 18.2 Å². The normalized spacial score (nSPS) is 14.5. The Hall–Kier alpha value is -3.90. The largest absolute Gasteiger partial charge is 0.497 e. The molecular weight excluding hydrogens is 477 g/mol. The average Bonchev–Trinajstić information content (AvgIpc) is 3.35. The lowest BCUT2D eigenvalue weighted by atomic mass is 10.00. The number of halogens is 1. The molecular formula is C32H34FN3O2. The zero-order chi connectivity index (χ0) is 26.2. The third-order valence-electron chi connectivity index (χ3n) is 7.01. The Kier molecular flexibility index (Phi) is 8.51. The minimum atomic E-state index is -0.250. The Morgan fingerprint density at radius 2 is 1.89 bits per heavy atom. The van der Waals surface area contributed by atoms with Gasteiger partial charge in [-0.15, -0.1) is 0 Å². The number of aromatic nitrogens is 1. The van der Waals surface area contributed by atoms with Gasteiger partial charge in [0.25, 0.3) is 0 Å². The first kappa shape index (κ1) is 25.7. The lowest BCUT2D eigenvalue weighted by molar-refractivity contribution is 0.130. The number of rotatable bonds is 11. The van der Waals surface area contributed by atoms with Gasteiger partial charge < -0.3 is 14.6 Å². The molecule has 196 valence electrons. The molecule has 1 aromatic heterocycles. The van der Waals surface area contributed by atoms with E-state index in [9.17, 15) is 4.39 Å². The van der Waals surface area contributed by atoms with Crippen LogP contribution in [0.4, 0.5) is 4.39 Å². The van der Waals surface area contributed by atoms with Gasteiger partial charge in [0.2, 0.25) is 0 Å². The molecule has 0 aliphatic carbocycles. The van der Waals surface area contributed by atoms with Crippen LogP contribution in [0.3, 0.4) is 0 Å². The van der Waals surface area contributed by atoms with E-state index < -0.39 is 0 Å². The lowest BCUT2D eigenvalue weighted by Crippen LogP contribution is -2.31. The molecule has 0 bridgehead atoms. The second kappa shape index (κ2) is 12.6. The van der Waals surface area contributed by atoms with Crippen LogP contribution in [0.5, 0.6) is 5.75 Å². The Labute approximate surface area is 223 Å². The van der Waals surface area contributed by atoms with Crippen molar-refractivity contribution in [2.45, 2.75) is 32.3 Å². The van der Waals surface area contributed by atoms with Crippen LogP contribution in [0.15, 0.2) is 95.8 Å². The van der Waals surface area contributed by atoms with Crippen molar-refractivity contribution in [1.82, 2.24) is 9.88 Å². The summed E-state index contributed by atoms with van der Waals surface area (Å²) in [7, 11) is 1.71. The highest BCUT2D eigenvalue weighted by molar-refractivity contribution is 6.00. The van der Waals surface area contributed by atoms with E-state index in [4.69, 9.17) is 9.57 Å². The Morgan fingerprint density at radius 1 is 1.05 bits per heavy atom. The lowest BCUT2D eigenvalue weighted by Gasteiger charge is -2.27. The summed E-state index contributed by atoms with van der Waals surface area (Å²) in [5.74, 6) is 0.628. The number of benzene rings is 3. The van der Waals surface area contributed by atoms with Crippen molar-refractivity contribution < 1.29 is 14.0 Å². The summed E-state index contributed by atoms with van der Waals surface area (Å²) < 4.78 is 19.0. The molecule has 0 radical (unpaired) electrons. The van der Waals surface area contributed by atoms with Crippen LogP contribution >= 0.6 is 0 Å². The fourth-order valence-corrected chi connectivity index (χ4v) is 4.99. The summed E-state index contributed by atoms with van der Waals surface area (Å²) >= 11 is 0. The molecule has 6 heteroatoms. The van der Waals surface area contributed by atoms with Crippen LogP contribution in [0, 0.1) is 5.82 Å². The summed E-state index contributed by atoms with van der Waals surface area (Å²) in [6.07, 6.45) is 8.20. The molecule has 0 saturated heterocycles. The van der Waals surface area contributed by atoms with Gasteiger partial charge in [-0.25, -0.2) is 4.39 Å². The van der Waals surface area contributed by atoms with E-state index in [-0.39, 0.29) is 5.82 Å². The molecule has 0 fully saturated rings. The number of methoxy groups -OCH3 is 1. The molecule has 2 heterocycles. The molecule has 0 unspecified atom stereocenters. The second-order valence-electron chi connectivity index (χ2n) is 9.74. The Morgan fingerprint density at radius 3 is 2.71 bits per heavy atom. The number of fused-ring (bicyclic) bond motifs is 1. The molecule has 38 heavy (non-hydrogen) atoms. The summed E-state index contributed by atoms with van der Waals surface area (Å²) in [4.78, 5) is 11.6. The minimum absolute atomic E-state index is 0.250. The average molecular weight is 512 g/mol. The maximum absolute atomic E-state index is 13.5. The topological polar surface area (TPSA) is 49.8 Å². The smallest absolute Gasteiger partial charge is 0.142 e. The van der Waals surface area contributed by atoms with Gasteiger partial charge in [-0.05, 0) is 79.3 Å². The van der Waals surface area contributed by atoms with Crippen LogP contribution in [0.1, 0.15) is 36.0 Å². The summed E-state index contributed by atoms with van der Waals surface area (Å²) in [6.45, 7) is 3.40. The Bertz CT molecular complexity index is 1390. The molecule has 0 atom stereocenters. The molecule has 4 aromatic rings. The number of nitrogens with zero attached hydrogens (tertiary/aromatic N) is 2. The van der Waals surface area contributed by atoms with E-state index in [0.29, 0.717) is 6.61 Å². The van der Waals surface area contributed by atoms with Crippen molar-refractivity contribution in [3.63, 3.8) is 0 Å². The number of nitrogens with one attached hydrogen (secondary N) is 1. The highest BCUT2D eigenvalue weighted by atomic mass is 19.1. The van der Waals surface area contributed by atoms with Crippen molar-refractivity contribution in [3.8, 4) is 5.75 Å². The van der Waals surface area contributed by atoms with Crippen molar-refractivity contribution in [3.05, 3.63) is 113 Å². The van der Waals surface area contributed by atoms with Gasteiger partial charge in [-0.3, -0.25) is 4.90 Å². The summed E-state index contributed by atoms with van der Waals surface area (Å²) in [5.41, 5.74) is 6.69. The number of hydrogen-bond acceptors (Lipinski definition) is 4. The van der Waals surface area contributed by atoms with E-state index in [1.807, 2.05) is 36.4 Å². The molecule has 1 N–H and O–H groups in total. The van der Waals surface area contributed by atoms with Crippen molar-refractivity contribution in [2.75, 3.05) is 26.7 Å². The van der Waals surface area contributed by atoms with E-state index in [2.05, 4.69) is 39.4 Å². The van der Waals surface area contributed by atoms with Crippen LogP contribution in [-0.4, -0.2) is 42.3 Å². The quantitative estimate of drug-likeness (QED) is 0.135. The second-order valence-corrected chi connectivity index (χ2v) is 9.74. The third-order valence-corrected chi connectivity index (χ3v) is 7.01. The van der Waals surface area contributed by atoms with Crippen molar-refractivity contribution in [2.24, 2.45) is 5.16 Å². The first-order valence-corrected chi connectivity index (χ1v) is 13.2. The first-order chi connectivity index (χ1) is 18.7. The minimum Gasteiger partial charge on any atom is -0.497 e. The van der Waals surface area contributed by atoms with Gasteiger partial charge in [-0.2, -0.15) is 0 Å². The van der Waals surface area contributed by atoms with Crippen molar-refractivity contribution >= 4 is 16.6 Å². The fourth-order valence-electron chi connectivity index (χ4n) is 4.99. The van der Waals surface area contributed by atoms with Crippen LogP contribution in [0.2, 0.25) is 0 Å². The molecule has 3 aromatic carbocycles. The van der Waals surface area contributed by atoms with Crippen LogP contribution < -0.4 is 4.74 Å². The number of aromatic amines is 1. The zero-order valence-corrected chi connectivity index (χ0v) is 21.8. The van der Waals surface area contributed by atoms with Crippen molar-refractivity contribution in [1.29, 1.82) is 0 Å². The monoisotopic (exact) mass is 511 g/mol. The molecule has 0 spiro atoms. The highest BCUT2D eigenvalue weighted by Gasteiger charge is 2.16.